The van der Waals surface area contributed by atoms with Gasteiger partial charge in [0, 0.05) is 17.8 Å². The Bertz CT molecular complexity index is 1030. The molecule has 2 heterocycles. The Morgan fingerprint density at radius 2 is 2.24 bits per heavy atom. The van der Waals surface area contributed by atoms with Gasteiger partial charge >= 0.3 is 0 Å². The number of fused-ring (bicyclic) bond motifs is 1. The predicted molar refractivity (Wildman–Crippen MR) is 92.1 cm³/mol. The molecule has 3 aromatic rings. The molecule has 12 heteroatoms. The van der Waals surface area contributed by atoms with Gasteiger partial charge in [-0.05, 0) is 13.0 Å². The van der Waals surface area contributed by atoms with E-state index in [1.54, 1.807) is 13.0 Å². The van der Waals surface area contributed by atoms with E-state index in [0.717, 1.165) is 27.6 Å². The fourth-order valence-electron chi connectivity index (χ4n) is 1.85. The van der Waals surface area contributed by atoms with Crippen LogP contribution >= 0.6 is 23.1 Å². The van der Waals surface area contributed by atoms with Gasteiger partial charge in [0.25, 0.3) is 11.2 Å². The van der Waals surface area contributed by atoms with E-state index in [1.807, 2.05) is 0 Å². The lowest BCUT2D eigenvalue weighted by Gasteiger charge is -2.03. The number of amides is 1. The average Bonchev–Trinajstić information content (AvgIpc) is 3.01. The van der Waals surface area contributed by atoms with Crippen LogP contribution < -0.4 is 10.9 Å². The van der Waals surface area contributed by atoms with Gasteiger partial charge in [-0.3, -0.25) is 19.7 Å². The van der Waals surface area contributed by atoms with Gasteiger partial charge in [-0.2, -0.15) is 4.52 Å². The third-order valence-corrected chi connectivity index (χ3v) is 5.03. The first kappa shape index (κ1) is 17.0. The number of carbonyl (C=O) groups excluding carboxylic acids is 1. The molecule has 25 heavy (non-hydrogen) atoms. The van der Waals surface area contributed by atoms with E-state index < -0.39 is 4.92 Å². The molecule has 0 aliphatic heterocycles. The predicted octanol–water partition coefficient (Wildman–Crippen LogP) is 1.49. The summed E-state index contributed by atoms with van der Waals surface area (Å²) in [4.78, 5) is 34.4. The van der Waals surface area contributed by atoms with Gasteiger partial charge in [0.1, 0.15) is 5.69 Å². The molecule has 0 spiro atoms. The van der Waals surface area contributed by atoms with Gasteiger partial charge in [-0.1, -0.05) is 29.2 Å². The summed E-state index contributed by atoms with van der Waals surface area (Å²) < 4.78 is 1.64. The number of nitrogens with zero attached hydrogens (tertiary/aromatic N) is 5. The maximum atomic E-state index is 12.0. The van der Waals surface area contributed by atoms with Gasteiger partial charge in [0.05, 0.1) is 10.7 Å². The number of non-ortho nitro benzene ring substituents is 1. The fraction of sp³-hybridized carbons (Fsp3) is 0.154. The minimum Gasteiger partial charge on any atom is -0.325 e. The van der Waals surface area contributed by atoms with Crippen molar-refractivity contribution >= 4 is 45.3 Å². The zero-order chi connectivity index (χ0) is 18.0. The molecule has 0 saturated carbocycles. The zero-order valence-electron chi connectivity index (χ0n) is 12.7. The fourth-order valence-corrected chi connectivity index (χ4v) is 3.53. The first-order valence-electron chi connectivity index (χ1n) is 6.84. The van der Waals surface area contributed by atoms with E-state index in [9.17, 15) is 19.7 Å². The molecule has 0 aliphatic carbocycles. The van der Waals surface area contributed by atoms with Crippen LogP contribution in [-0.4, -0.2) is 36.4 Å². The Morgan fingerprint density at radius 1 is 1.44 bits per heavy atom. The second-order valence-electron chi connectivity index (χ2n) is 4.80. The second-order valence-corrected chi connectivity index (χ2v) is 6.98. The highest BCUT2D eigenvalue weighted by molar-refractivity contribution is 8.01. The Morgan fingerprint density at radius 3 is 3.00 bits per heavy atom. The molecular formula is C13H10N6O4S2. The number of anilines is 1. The number of hydrogen-bond acceptors (Lipinski definition) is 9. The minimum atomic E-state index is -0.535. The van der Waals surface area contributed by atoms with Gasteiger partial charge in [-0.15, -0.1) is 15.3 Å². The normalized spacial score (nSPS) is 10.8. The molecule has 0 bridgehead atoms. The highest BCUT2D eigenvalue weighted by Crippen LogP contribution is 2.23. The van der Waals surface area contributed by atoms with E-state index in [0.29, 0.717) is 15.0 Å². The smallest absolute Gasteiger partial charge is 0.296 e. The number of hydrogen-bond donors (Lipinski definition) is 1. The molecule has 0 saturated heterocycles. The van der Waals surface area contributed by atoms with E-state index in [1.165, 1.54) is 18.2 Å². The molecule has 0 aliphatic rings. The van der Waals surface area contributed by atoms with Crippen LogP contribution in [0.1, 0.15) is 5.69 Å². The molecule has 0 unspecified atom stereocenters. The number of nitrogens with one attached hydrogen (secondary N) is 1. The van der Waals surface area contributed by atoms with Crippen LogP contribution in [0.5, 0.6) is 0 Å². The first-order valence-corrected chi connectivity index (χ1v) is 8.64. The largest absolute Gasteiger partial charge is 0.325 e. The SMILES string of the molecule is Cc1nnc2sc(SCC(=O)Nc3cccc([N+](=O)[O-])c3)nn2c1=O. The van der Waals surface area contributed by atoms with Crippen molar-refractivity contribution in [2.75, 3.05) is 11.1 Å². The summed E-state index contributed by atoms with van der Waals surface area (Å²) in [6.07, 6.45) is 0. The number of aryl methyl sites for hydroxylation is 1. The first-order chi connectivity index (χ1) is 11.9. The maximum Gasteiger partial charge on any atom is 0.296 e. The van der Waals surface area contributed by atoms with E-state index in [-0.39, 0.29) is 28.6 Å². The quantitative estimate of drug-likeness (QED) is 0.401. The third kappa shape index (κ3) is 3.80. The molecule has 0 atom stereocenters. The van der Waals surface area contributed by atoms with Crippen molar-refractivity contribution < 1.29 is 9.72 Å². The Hall–Kier alpha value is -2.86. The van der Waals surface area contributed by atoms with Crippen LogP contribution in [0.25, 0.3) is 4.96 Å². The second kappa shape index (κ2) is 6.94. The molecule has 1 amide bonds. The minimum absolute atomic E-state index is 0.0314. The van der Waals surface area contributed by atoms with Crippen molar-refractivity contribution in [2.24, 2.45) is 0 Å². The zero-order valence-corrected chi connectivity index (χ0v) is 14.3. The molecule has 0 fully saturated rings. The standard InChI is InChI=1S/C13H10N6O4S2/c1-7-11(21)18-12(16-15-7)25-13(17-18)24-6-10(20)14-8-3-2-4-9(5-8)19(22)23/h2-5H,6H2,1H3,(H,14,20). The summed E-state index contributed by atoms with van der Waals surface area (Å²) in [5.74, 6) is -0.316. The lowest BCUT2D eigenvalue weighted by molar-refractivity contribution is -0.384. The van der Waals surface area contributed by atoms with Gasteiger partial charge in [-0.25, -0.2) is 0 Å². The highest BCUT2D eigenvalue weighted by atomic mass is 32.2. The van der Waals surface area contributed by atoms with Crippen LogP contribution in [0.4, 0.5) is 11.4 Å². The maximum absolute atomic E-state index is 12.0. The van der Waals surface area contributed by atoms with Crippen molar-refractivity contribution in [2.45, 2.75) is 11.3 Å². The molecule has 3 rings (SSSR count). The number of benzene rings is 1. The van der Waals surface area contributed by atoms with Crippen LogP contribution in [0.3, 0.4) is 0 Å². The number of carbonyl (C=O) groups is 1. The average molecular weight is 378 g/mol. The van der Waals surface area contributed by atoms with Crippen LogP contribution in [0.15, 0.2) is 33.4 Å². The highest BCUT2D eigenvalue weighted by Gasteiger charge is 2.12. The van der Waals surface area contributed by atoms with Gasteiger partial charge < -0.3 is 5.32 Å². The van der Waals surface area contributed by atoms with Crippen molar-refractivity contribution in [3.05, 3.63) is 50.4 Å². The summed E-state index contributed by atoms with van der Waals surface area (Å²) >= 11 is 2.28. The van der Waals surface area contributed by atoms with Crippen molar-refractivity contribution in [3.8, 4) is 0 Å². The lowest BCUT2D eigenvalue weighted by atomic mass is 10.3. The molecule has 0 radical (unpaired) electrons. The van der Waals surface area contributed by atoms with Crippen molar-refractivity contribution in [1.29, 1.82) is 0 Å². The van der Waals surface area contributed by atoms with Gasteiger partial charge in [0.15, 0.2) is 4.34 Å². The Labute approximate surface area is 148 Å². The summed E-state index contributed by atoms with van der Waals surface area (Å²) in [7, 11) is 0. The molecular weight excluding hydrogens is 368 g/mol. The van der Waals surface area contributed by atoms with Gasteiger partial charge in [0.2, 0.25) is 10.9 Å². The number of aromatic nitrogens is 4. The molecule has 2 aromatic heterocycles. The summed E-state index contributed by atoms with van der Waals surface area (Å²) in [5, 5.41) is 25.0. The number of rotatable bonds is 5. The van der Waals surface area contributed by atoms with Crippen molar-refractivity contribution in [1.82, 2.24) is 19.8 Å². The molecule has 1 aromatic carbocycles. The molecule has 1 N–H and O–H groups in total. The van der Waals surface area contributed by atoms with E-state index in [2.05, 4.69) is 20.6 Å². The van der Waals surface area contributed by atoms with Crippen LogP contribution in [0.2, 0.25) is 0 Å². The number of nitro benzene ring substituents is 1. The number of nitro groups is 1. The van der Waals surface area contributed by atoms with E-state index >= 15 is 0 Å². The summed E-state index contributed by atoms with van der Waals surface area (Å²) in [5.41, 5.74) is 0.115. The van der Waals surface area contributed by atoms with Crippen LogP contribution in [0, 0.1) is 17.0 Å². The molecule has 128 valence electrons. The topological polar surface area (TPSA) is 132 Å². The molecule has 10 nitrogen and oxygen atoms in total. The monoisotopic (exact) mass is 378 g/mol. The Kier molecular flexibility index (Phi) is 4.72. The number of thioether (sulfide) groups is 1. The summed E-state index contributed by atoms with van der Waals surface area (Å²) in [6.45, 7) is 1.54. The Balaban J connectivity index is 1.66. The summed E-state index contributed by atoms with van der Waals surface area (Å²) in [6, 6.07) is 5.66. The third-order valence-electron chi connectivity index (χ3n) is 3.00. The van der Waals surface area contributed by atoms with Crippen LogP contribution in [-0.2, 0) is 4.79 Å². The van der Waals surface area contributed by atoms with E-state index in [4.69, 9.17) is 0 Å². The lowest BCUT2D eigenvalue weighted by Crippen LogP contribution is -2.19. The van der Waals surface area contributed by atoms with Crippen molar-refractivity contribution in [3.63, 3.8) is 0 Å².